The highest BCUT2D eigenvalue weighted by molar-refractivity contribution is 7.22. The lowest BCUT2D eigenvalue weighted by molar-refractivity contribution is 0.420. The molecule has 0 aliphatic rings. The summed E-state index contributed by atoms with van der Waals surface area (Å²) in [5.74, 6) is 1.37. The summed E-state index contributed by atoms with van der Waals surface area (Å²) in [6, 6.07) is 10.2. The first-order valence-corrected chi connectivity index (χ1v) is 7.24. The Morgan fingerprint density at radius 1 is 1.29 bits per heavy atom. The summed E-state index contributed by atoms with van der Waals surface area (Å²) in [4.78, 5) is 5.20. The Balaban J connectivity index is 2.01. The zero-order valence-electron chi connectivity index (χ0n) is 11.3. The van der Waals surface area contributed by atoms with Gasteiger partial charge in [-0.3, -0.25) is 0 Å². The van der Waals surface area contributed by atoms with Gasteiger partial charge in [0.05, 0.1) is 11.8 Å². The number of nitrogens with zero attached hydrogens (tertiary/aromatic N) is 3. The van der Waals surface area contributed by atoms with E-state index in [0.29, 0.717) is 5.82 Å². The normalized spacial score (nSPS) is 11.3. The number of fused-ring (bicyclic) bond motifs is 2. The monoisotopic (exact) mass is 296 g/mol. The lowest BCUT2D eigenvalue weighted by atomic mass is 10.2. The molecule has 0 atom stereocenters. The molecule has 21 heavy (non-hydrogen) atoms. The summed E-state index contributed by atoms with van der Waals surface area (Å²) in [5.41, 5.74) is 7.87. The number of thiophene rings is 1. The zero-order chi connectivity index (χ0) is 14.4. The van der Waals surface area contributed by atoms with E-state index in [2.05, 4.69) is 22.2 Å². The predicted octanol–water partition coefficient (Wildman–Crippen LogP) is 3.20. The molecule has 0 radical (unpaired) electrons. The van der Waals surface area contributed by atoms with Crippen molar-refractivity contribution in [2.24, 2.45) is 0 Å². The molecule has 104 valence electrons. The van der Waals surface area contributed by atoms with Gasteiger partial charge in [0.2, 0.25) is 0 Å². The molecule has 6 heteroatoms. The topological polar surface area (TPSA) is 65.4 Å². The van der Waals surface area contributed by atoms with Gasteiger partial charge in [0, 0.05) is 16.6 Å². The largest absolute Gasteiger partial charge is 0.495 e. The lowest BCUT2D eigenvalue weighted by Gasteiger charge is -2.00. The highest BCUT2D eigenvalue weighted by Gasteiger charge is 2.14. The number of hydrogen-bond acceptors (Lipinski definition) is 5. The van der Waals surface area contributed by atoms with E-state index in [9.17, 15) is 0 Å². The second-order valence-electron chi connectivity index (χ2n) is 4.66. The first-order chi connectivity index (χ1) is 10.3. The minimum absolute atomic E-state index is 0.481. The molecule has 2 N–H and O–H groups in total. The van der Waals surface area contributed by atoms with Crippen molar-refractivity contribution in [3.05, 3.63) is 42.9 Å². The average molecular weight is 296 g/mol. The molecule has 0 saturated carbocycles. The number of ether oxygens (including phenoxy) is 1. The van der Waals surface area contributed by atoms with Crippen LogP contribution in [0.1, 0.15) is 0 Å². The maximum atomic E-state index is 6.00. The molecule has 3 aromatic heterocycles. The van der Waals surface area contributed by atoms with Crippen LogP contribution in [0.4, 0.5) is 5.82 Å². The highest BCUT2D eigenvalue weighted by atomic mass is 32.1. The quantitative estimate of drug-likeness (QED) is 0.617. The number of anilines is 1. The van der Waals surface area contributed by atoms with Crippen LogP contribution in [0.2, 0.25) is 0 Å². The molecular formula is C15H12N4OS. The van der Waals surface area contributed by atoms with Crippen LogP contribution >= 0.6 is 11.3 Å². The third-order valence-electron chi connectivity index (χ3n) is 3.48. The summed E-state index contributed by atoms with van der Waals surface area (Å²) in [5, 5.41) is 5.34. The van der Waals surface area contributed by atoms with Crippen molar-refractivity contribution in [1.82, 2.24) is 14.6 Å². The zero-order valence-corrected chi connectivity index (χ0v) is 12.1. The maximum Gasteiger partial charge on any atom is 0.152 e. The number of methoxy groups -OCH3 is 1. The van der Waals surface area contributed by atoms with Gasteiger partial charge in [-0.25, -0.2) is 9.50 Å². The van der Waals surface area contributed by atoms with Crippen LogP contribution in [0.15, 0.2) is 42.9 Å². The maximum absolute atomic E-state index is 6.00. The first-order valence-electron chi connectivity index (χ1n) is 6.42. The molecule has 0 spiro atoms. The van der Waals surface area contributed by atoms with Gasteiger partial charge in [-0.2, -0.15) is 5.10 Å². The summed E-state index contributed by atoms with van der Waals surface area (Å²) in [6.07, 6.45) is 3.35. The van der Waals surface area contributed by atoms with Crippen LogP contribution in [0.5, 0.6) is 5.75 Å². The lowest BCUT2D eigenvalue weighted by Crippen LogP contribution is -1.98. The molecule has 1 aromatic carbocycles. The number of hydrogen-bond donors (Lipinski definition) is 1. The van der Waals surface area contributed by atoms with Crippen molar-refractivity contribution in [2.45, 2.75) is 0 Å². The van der Waals surface area contributed by atoms with E-state index in [1.165, 1.54) is 6.33 Å². The third-order valence-corrected chi connectivity index (χ3v) is 4.67. The Kier molecular flexibility index (Phi) is 2.58. The van der Waals surface area contributed by atoms with Crippen LogP contribution in [-0.4, -0.2) is 21.7 Å². The molecule has 0 aliphatic carbocycles. The van der Waals surface area contributed by atoms with Crippen LogP contribution in [0.25, 0.3) is 26.0 Å². The van der Waals surface area contributed by atoms with Crippen LogP contribution in [0.3, 0.4) is 0 Å². The van der Waals surface area contributed by atoms with E-state index >= 15 is 0 Å². The fourth-order valence-electron chi connectivity index (χ4n) is 2.51. The van der Waals surface area contributed by atoms with Gasteiger partial charge in [0.15, 0.2) is 5.82 Å². The molecule has 0 unspecified atom stereocenters. The molecule has 5 nitrogen and oxygen atoms in total. The highest BCUT2D eigenvalue weighted by Crippen LogP contribution is 2.40. The van der Waals surface area contributed by atoms with Crippen LogP contribution in [0, 0.1) is 0 Å². The van der Waals surface area contributed by atoms with Gasteiger partial charge >= 0.3 is 0 Å². The van der Waals surface area contributed by atoms with Gasteiger partial charge in [0.25, 0.3) is 0 Å². The van der Waals surface area contributed by atoms with E-state index in [0.717, 1.165) is 31.8 Å². The molecule has 3 heterocycles. The van der Waals surface area contributed by atoms with E-state index in [4.69, 9.17) is 10.5 Å². The molecule has 0 aliphatic heterocycles. The van der Waals surface area contributed by atoms with Gasteiger partial charge in [-0.15, -0.1) is 11.3 Å². The van der Waals surface area contributed by atoms with E-state index in [1.807, 2.05) is 24.4 Å². The SMILES string of the molecule is COc1cccc2cc(-c3ccn4ncnc(N)c34)sc12. The third kappa shape index (κ3) is 1.76. The van der Waals surface area contributed by atoms with Gasteiger partial charge in [0.1, 0.15) is 17.6 Å². The second kappa shape index (κ2) is 4.46. The second-order valence-corrected chi connectivity index (χ2v) is 5.71. The number of aromatic nitrogens is 3. The molecular weight excluding hydrogens is 284 g/mol. The molecule has 0 bridgehead atoms. The van der Waals surface area contributed by atoms with Gasteiger partial charge in [-0.05, 0) is 23.6 Å². The van der Waals surface area contributed by atoms with Gasteiger partial charge < -0.3 is 10.5 Å². The minimum atomic E-state index is 0.481. The predicted molar refractivity (Wildman–Crippen MR) is 84.8 cm³/mol. The Labute approximate surface area is 124 Å². The number of nitrogen functional groups attached to an aromatic ring is 1. The summed E-state index contributed by atoms with van der Waals surface area (Å²) < 4.78 is 8.30. The summed E-state index contributed by atoms with van der Waals surface area (Å²) in [6.45, 7) is 0. The number of benzene rings is 1. The molecule has 0 saturated heterocycles. The average Bonchev–Trinajstić information content (AvgIpc) is 3.10. The van der Waals surface area contributed by atoms with Gasteiger partial charge in [-0.1, -0.05) is 12.1 Å². The van der Waals surface area contributed by atoms with E-state index in [1.54, 1.807) is 23.0 Å². The van der Waals surface area contributed by atoms with E-state index in [-0.39, 0.29) is 0 Å². The van der Waals surface area contributed by atoms with Crippen molar-refractivity contribution in [1.29, 1.82) is 0 Å². The van der Waals surface area contributed by atoms with Crippen molar-refractivity contribution >= 4 is 32.8 Å². The Bertz CT molecular complexity index is 957. The van der Waals surface area contributed by atoms with E-state index < -0.39 is 0 Å². The van der Waals surface area contributed by atoms with Crippen molar-refractivity contribution in [3.8, 4) is 16.2 Å². The fourth-order valence-corrected chi connectivity index (χ4v) is 3.68. The number of rotatable bonds is 2. The van der Waals surface area contributed by atoms with Crippen molar-refractivity contribution < 1.29 is 4.74 Å². The summed E-state index contributed by atoms with van der Waals surface area (Å²) >= 11 is 1.68. The Morgan fingerprint density at radius 3 is 3.05 bits per heavy atom. The fraction of sp³-hybridized carbons (Fsp3) is 0.0667. The van der Waals surface area contributed by atoms with Crippen molar-refractivity contribution in [2.75, 3.05) is 12.8 Å². The molecule has 4 aromatic rings. The Hall–Kier alpha value is -2.60. The Morgan fingerprint density at radius 2 is 2.19 bits per heavy atom. The standard InChI is InChI=1S/C15H12N4OS/c1-20-11-4-2-3-9-7-12(21-14(9)11)10-5-6-19-13(10)15(16)17-8-18-19/h2-8H,1H3,(H2,16,17,18). The van der Waals surface area contributed by atoms with Crippen molar-refractivity contribution in [3.63, 3.8) is 0 Å². The minimum Gasteiger partial charge on any atom is -0.495 e. The van der Waals surface area contributed by atoms with Crippen LogP contribution in [-0.2, 0) is 0 Å². The molecule has 4 rings (SSSR count). The molecule has 0 amide bonds. The smallest absolute Gasteiger partial charge is 0.152 e. The summed E-state index contributed by atoms with van der Waals surface area (Å²) in [7, 11) is 1.69. The number of nitrogens with two attached hydrogens (primary N) is 1. The van der Waals surface area contributed by atoms with Crippen LogP contribution < -0.4 is 10.5 Å². The molecule has 0 fully saturated rings. The first kappa shape index (κ1) is 12.2.